The Balaban J connectivity index is 1.91. The first-order chi connectivity index (χ1) is 11.8. The van der Waals surface area contributed by atoms with Crippen LogP contribution in [0.25, 0.3) is 0 Å². The summed E-state index contributed by atoms with van der Waals surface area (Å²) in [7, 11) is -3.47. The highest BCUT2D eigenvalue weighted by molar-refractivity contribution is 7.89. The molecule has 0 N–H and O–H groups in total. The summed E-state index contributed by atoms with van der Waals surface area (Å²) in [6.45, 7) is 12.6. The molecule has 1 atom stereocenters. The van der Waals surface area contributed by atoms with Crippen LogP contribution in [-0.4, -0.2) is 63.1 Å². The molecule has 0 bridgehead atoms. The van der Waals surface area contributed by atoms with Gasteiger partial charge in [-0.3, -0.25) is 4.90 Å². The van der Waals surface area contributed by atoms with Crippen molar-refractivity contribution in [3.05, 3.63) is 28.3 Å². The highest BCUT2D eigenvalue weighted by Gasteiger charge is 2.38. The number of hydrogen-bond donors (Lipinski definition) is 0. The number of nitrogens with zero attached hydrogens (tertiary/aromatic N) is 2. The molecule has 0 aromatic heterocycles. The number of hydrogen-bond acceptors (Lipinski definition) is 4. The first-order valence-corrected chi connectivity index (χ1v) is 10.7. The highest BCUT2D eigenvalue weighted by atomic mass is 32.2. The molecular weight excluding hydrogens is 336 g/mol. The molecule has 2 fully saturated rings. The van der Waals surface area contributed by atoms with Crippen LogP contribution in [-0.2, 0) is 14.8 Å². The van der Waals surface area contributed by atoms with E-state index in [1.165, 1.54) is 0 Å². The second-order valence-electron chi connectivity index (χ2n) is 7.41. The normalized spacial score (nSPS) is 23.3. The van der Waals surface area contributed by atoms with E-state index in [0.717, 1.165) is 67.9 Å². The first-order valence-electron chi connectivity index (χ1n) is 9.21. The van der Waals surface area contributed by atoms with Crippen LogP contribution in [0.5, 0.6) is 0 Å². The summed E-state index contributed by atoms with van der Waals surface area (Å²) in [4.78, 5) is 2.86. The van der Waals surface area contributed by atoms with Gasteiger partial charge in [-0.25, -0.2) is 8.42 Å². The van der Waals surface area contributed by atoms with Gasteiger partial charge in [0, 0.05) is 32.2 Å². The molecule has 0 amide bonds. The van der Waals surface area contributed by atoms with Gasteiger partial charge in [0.25, 0.3) is 0 Å². The maximum absolute atomic E-state index is 13.5. The zero-order chi connectivity index (χ0) is 18.2. The standard InChI is InChI=1S/C19H30N2O3S/c1-14-12-15(2)17(4)19(16(14)3)25(22,23)21-7-5-6-18(21)13-20-8-10-24-11-9-20/h12,18H,5-11,13H2,1-4H3. The molecule has 0 spiro atoms. The van der Waals surface area contributed by atoms with Gasteiger partial charge in [0.2, 0.25) is 10.0 Å². The quantitative estimate of drug-likeness (QED) is 0.821. The molecule has 1 aromatic rings. The van der Waals surface area contributed by atoms with Gasteiger partial charge in [-0.1, -0.05) is 6.07 Å². The van der Waals surface area contributed by atoms with Gasteiger partial charge in [-0.15, -0.1) is 0 Å². The molecule has 0 aliphatic carbocycles. The zero-order valence-corrected chi connectivity index (χ0v) is 16.7. The Bertz CT molecular complexity index is 713. The summed E-state index contributed by atoms with van der Waals surface area (Å²) in [6, 6.07) is 2.15. The molecule has 5 nitrogen and oxygen atoms in total. The van der Waals surface area contributed by atoms with Crippen molar-refractivity contribution in [1.82, 2.24) is 9.21 Å². The van der Waals surface area contributed by atoms with Gasteiger partial charge >= 0.3 is 0 Å². The Morgan fingerprint density at radius 2 is 1.64 bits per heavy atom. The summed E-state index contributed by atoms with van der Waals surface area (Å²) in [6.07, 6.45) is 1.89. The molecule has 2 heterocycles. The Hall–Kier alpha value is -0.950. The molecule has 2 aliphatic heterocycles. The molecule has 2 aliphatic rings. The molecule has 1 unspecified atom stereocenters. The predicted octanol–water partition coefficient (Wildman–Crippen LogP) is 2.41. The second kappa shape index (κ2) is 7.35. The van der Waals surface area contributed by atoms with Gasteiger partial charge < -0.3 is 4.74 Å². The van der Waals surface area contributed by atoms with E-state index in [1.54, 1.807) is 4.31 Å². The average Bonchev–Trinajstić information content (AvgIpc) is 3.03. The number of ether oxygens (including phenoxy) is 1. The van der Waals surface area contributed by atoms with Crippen molar-refractivity contribution < 1.29 is 13.2 Å². The third kappa shape index (κ3) is 3.63. The first kappa shape index (κ1) is 18.8. The van der Waals surface area contributed by atoms with Crippen LogP contribution >= 0.6 is 0 Å². The van der Waals surface area contributed by atoms with Crippen LogP contribution < -0.4 is 0 Å². The van der Waals surface area contributed by atoms with E-state index in [-0.39, 0.29) is 6.04 Å². The van der Waals surface area contributed by atoms with Crippen LogP contribution in [0.3, 0.4) is 0 Å². The summed E-state index contributed by atoms with van der Waals surface area (Å²) in [5.74, 6) is 0. The predicted molar refractivity (Wildman–Crippen MR) is 99.6 cm³/mol. The van der Waals surface area contributed by atoms with Crippen LogP contribution in [0.4, 0.5) is 0 Å². The van der Waals surface area contributed by atoms with E-state index in [0.29, 0.717) is 11.4 Å². The van der Waals surface area contributed by atoms with Crippen LogP contribution in [0, 0.1) is 27.7 Å². The summed E-state index contributed by atoms with van der Waals surface area (Å²) in [5.41, 5.74) is 3.87. The SMILES string of the molecule is Cc1cc(C)c(C)c(S(=O)(=O)N2CCCC2CN2CCOCC2)c1C. The minimum absolute atomic E-state index is 0.0720. The molecule has 6 heteroatoms. The van der Waals surface area contributed by atoms with E-state index in [9.17, 15) is 8.42 Å². The summed E-state index contributed by atoms with van der Waals surface area (Å²) < 4.78 is 34.2. The molecule has 0 radical (unpaired) electrons. The second-order valence-corrected chi connectivity index (χ2v) is 9.24. The number of sulfonamides is 1. The van der Waals surface area contributed by atoms with E-state index < -0.39 is 10.0 Å². The number of aryl methyl sites for hydroxylation is 2. The topological polar surface area (TPSA) is 49.9 Å². The van der Waals surface area contributed by atoms with Crippen molar-refractivity contribution in [2.45, 2.75) is 51.5 Å². The van der Waals surface area contributed by atoms with Crippen molar-refractivity contribution in [2.75, 3.05) is 39.4 Å². The van der Waals surface area contributed by atoms with Crippen LogP contribution in [0.1, 0.15) is 35.1 Å². The molecule has 1 aromatic carbocycles. The third-order valence-electron chi connectivity index (χ3n) is 5.76. The third-order valence-corrected chi connectivity index (χ3v) is 7.99. The lowest BCUT2D eigenvalue weighted by Gasteiger charge is -2.33. The lowest BCUT2D eigenvalue weighted by molar-refractivity contribution is 0.0312. The van der Waals surface area contributed by atoms with Crippen molar-refractivity contribution >= 4 is 10.0 Å². The molecular formula is C19H30N2O3S. The molecule has 140 valence electrons. The molecule has 2 saturated heterocycles. The fraction of sp³-hybridized carbons (Fsp3) is 0.684. The van der Waals surface area contributed by atoms with Gasteiger partial charge in [0.15, 0.2) is 0 Å². The molecule has 25 heavy (non-hydrogen) atoms. The number of benzene rings is 1. The minimum atomic E-state index is -3.47. The Morgan fingerprint density at radius 1 is 1.04 bits per heavy atom. The summed E-state index contributed by atoms with van der Waals surface area (Å²) >= 11 is 0. The van der Waals surface area contributed by atoms with E-state index in [4.69, 9.17) is 4.74 Å². The van der Waals surface area contributed by atoms with Gasteiger partial charge in [-0.05, 0) is 62.8 Å². The smallest absolute Gasteiger partial charge is 0.243 e. The van der Waals surface area contributed by atoms with Crippen molar-refractivity contribution in [3.8, 4) is 0 Å². The summed E-state index contributed by atoms with van der Waals surface area (Å²) in [5, 5.41) is 0. The zero-order valence-electron chi connectivity index (χ0n) is 15.8. The molecule has 3 rings (SSSR count). The Kier molecular flexibility index (Phi) is 5.54. The monoisotopic (exact) mass is 366 g/mol. The van der Waals surface area contributed by atoms with Crippen LogP contribution in [0.2, 0.25) is 0 Å². The van der Waals surface area contributed by atoms with Gasteiger partial charge in [0.05, 0.1) is 18.1 Å². The lowest BCUT2D eigenvalue weighted by Crippen LogP contribution is -2.46. The van der Waals surface area contributed by atoms with Crippen molar-refractivity contribution in [2.24, 2.45) is 0 Å². The number of morpholine rings is 1. The fourth-order valence-electron chi connectivity index (χ4n) is 4.07. The average molecular weight is 367 g/mol. The largest absolute Gasteiger partial charge is 0.379 e. The minimum Gasteiger partial charge on any atom is -0.379 e. The lowest BCUT2D eigenvalue weighted by atomic mass is 10.0. The number of rotatable bonds is 4. The molecule has 0 saturated carbocycles. The highest BCUT2D eigenvalue weighted by Crippen LogP contribution is 2.33. The van der Waals surface area contributed by atoms with Crippen LogP contribution in [0.15, 0.2) is 11.0 Å². The van der Waals surface area contributed by atoms with E-state index >= 15 is 0 Å². The van der Waals surface area contributed by atoms with E-state index in [2.05, 4.69) is 11.0 Å². The van der Waals surface area contributed by atoms with Gasteiger partial charge in [-0.2, -0.15) is 4.31 Å². The van der Waals surface area contributed by atoms with Crippen molar-refractivity contribution in [3.63, 3.8) is 0 Å². The Labute approximate surface area is 152 Å². The maximum atomic E-state index is 13.5. The van der Waals surface area contributed by atoms with Gasteiger partial charge in [0.1, 0.15) is 0 Å². The Morgan fingerprint density at radius 3 is 2.24 bits per heavy atom. The van der Waals surface area contributed by atoms with Crippen molar-refractivity contribution in [1.29, 1.82) is 0 Å². The fourth-order valence-corrected chi connectivity index (χ4v) is 6.34. The maximum Gasteiger partial charge on any atom is 0.243 e. The van der Waals surface area contributed by atoms with E-state index in [1.807, 2.05) is 27.7 Å².